The number of rotatable bonds is 4. The molecule has 0 unspecified atom stereocenters. The maximum Gasteiger partial charge on any atom is 0.263 e. The van der Waals surface area contributed by atoms with Crippen molar-refractivity contribution in [2.45, 2.75) is 0 Å². The van der Waals surface area contributed by atoms with Gasteiger partial charge in [0.05, 0.1) is 18.1 Å². The van der Waals surface area contributed by atoms with Crippen LogP contribution < -0.4 is 5.43 Å². The van der Waals surface area contributed by atoms with Crippen molar-refractivity contribution >= 4 is 23.8 Å². The largest absolute Gasteiger partial charge is 0.263 e. The first kappa shape index (κ1) is 14.2. The first-order chi connectivity index (χ1) is 10.8. The molecule has 1 heterocycles. The van der Waals surface area contributed by atoms with Gasteiger partial charge in [-0.15, -0.1) is 5.10 Å². The van der Waals surface area contributed by atoms with Gasteiger partial charge in [-0.25, -0.2) is 10.4 Å². The number of aromatic nitrogens is 3. The molecule has 3 aromatic rings. The number of nitrogens with zero attached hydrogens (tertiary/aromatic N) is 4. The molecule has 22 heavy (non-hydrogen) atoms. The summed E-state index contributed by atoms with van der Waals surface area (Å²) in [6.07, 6.45) is 3.22. The fraction of sp³-hybridized carbons (Fsp3) is 0. The minimum Gasteiger partial charge on any atom is -0.244 e. The highest BCUT2D eigenvalue weighted by molar-refractivity contribution is 6.33. The van der Waals surface area contributed by atoms with Gasteiger partial charge in [0.1, 0.15) is 0 Å². The third-order valence-electron chi connectivity index (χ3n) is 2.90. The Morgan fingerprint density at radius 2 is 1.77 bits per heavy atom. The summed E-state index contributed by atoms with van der Waals surface area (Å²) in [6, 6.07) is 17.2. The summed E-state index contributed by atoms with van der Waals surface area (Å²) >= 11 is 6.05. The van der Waals surface area contributed by atoms with Gasteiger partial charge >= 0.3 is 0 Å². The first-order valence-electron chi connectivity index (χ1n) is 6.62. The van der Waals surface area contributed by atoms with E-state index in [0.717, 1.165) is 16.8 Å². The lowest BCUT2D eigenvalue weighted by molar-refractivity contribution is 0.967. The van der Waals surface area contributed by atoms with E-state index in [1.807, 2.05) is 48.5 Å². The van der Waals surface area contributed by atoms with Crippen LogP contribution in [0.5, 0.6) is 0 Å². The van der Waals surface area contributed by atoms with E-state index in [4.69, 9.17) is 11.6 Å². The molecule has 0 bridgehead atoms. The maximum atomic E-state index is 6.05. The van der Waals surface area contributed by atoms with Gasteiger partial charge < -0.3 is 0 Å². The Hall–Kier alpha value is -2.79. The van der Waals surface area contributed by atoms with E-state index in [0.29, 0.717) is 11.0 Å². The molecule has 0 spiro atoms. The van der Waals surface area contributed by atoms with Crippen molar-refractivity contribution in [1.82, 2.24) is 15.2 Å². The van der Waals surface area contributed by atoms with Crippen LogP contribution in [0, 0.1) is 0 Å². The smallest absolute Gasteiger partial charge is 0.244 e. The average Bonchev–Trinajstić information content (AvgIpc) is 2.58. The number of hydrazone groups is 1. The van der Waals surface area contributed by atoms with E-state index >= 15 is 0 Å². The molecule has 0 aliphatic heterocycles. The van der Waals surface area contributed by atoms with Crippen LogP contribution >= 0.6 is 11.6 Å². The van der Waals surface area contributed by atoms with Gasteiger partial charge in [-0.1, -0.05) is 60.1 Å². The van der Waals surface area contributed by atoms with Crippen LogP contribution in [0.1, 0.15) is 5.56 Å². The van der Waals surface area contributed by atoms with E-state index in [-0.39, 0.29) is 0 Å². The van der Waals surface area contributed by atoms with E-state index in [9.17, 15) is 0 Å². The van der Waals surface area contributed by atoms with Crippen LogP contribution in [0.25, 0.3) is 11.3 Å². The second-order valence-electron chi connectivity index (χ2n) is 4.42. The molecule has 3 rings (SSSR count). The summed E-state index contributed by atoms with van der Waals surface area (Å²) in [7, 11) is 0. The summed E-state index contributed by atoms with van der Waals surface area (Å²) in [6.45, 7) is 0. The molecule has 5 nitrogen and oxygen atoms in total. The highest BCUT2D eigenvalue weighted by Gasteiger charge is 2.02. The Bertz CT molecular complexity index is 789. The van der Waals surface area contributed by atoms with Crippen molar-refractivity contribution in [2.24, 2.45) is 5.10 Å². The van der Waals surface area contributed by atoms with Crippen molar-refractivity contribution in [3.05, 3.63) is 71.4 Å². The van der Waals surface area contributed by atoms with Gasteiger partial charge in [0, 0.05) is 16.1 Å². The first-order valence-corrected chi connectivity index (χ1v) is 6.99. The Morgan fingerprint density at radius 3 is 2.59 bits per heavy atom. The SMILES string of the molecule is Clc1ccccc1/C=N/Nc1nncc(-c2ccccc2)n1. The zero-order valence-electron chi connectivity index (χ0n) is 11.5. The summed E-state index contributed by atoms with van der Waals surface area (Å²) in [4.78, 5) is 4.37. The molecule has 0 aliphatic carbocycles. The third kappa shape index (κ3) is 3.45. The third-order valence-corrected chi connectivity index (χ3v) is 3.25. The number of benzene rings is 2. The summed E-state index contributed by atoms with van der Waals surface area (Å²) < 4.78 is 0. The van der Waals surface area contributed by atoms with E-state index in [1.54, 1.807) is 18.5 Å². The number of hydrogen-bond donors (Lipinski definition) is 1. The molecule has 0 saturated carbocycles. The van der Waals surface area contributed by atoms with Crippen LogP contribution in [-0.2, 0) is 0 Å². The van der Waals surface area contributed by atoms with Gasteiger partial charge in [-0.2, -0.15) is 10.2 Å². The predicted molar refractivity (Wildman–Crippen MR) is 87.9 cm³/mol. The van der Waals surface area contributed by atoms with Crippen LogP contribution in [0.3, 0.4) is 0 Å². The quantitative estimate of drug-likeness (QED) is 0.590. The molecule has 0 radical (unpaired) electrons. The van der Waals surface area contributed by atoms with Gasteiger partial charge in [0.15, 0.2) is 0 Å². The topological polar surface area (TPSA) is 63.1 Å². The Labute approximate surface area is 132 Å². The summed E-state index contributed by atoms with van der Waals surface area (Å²) in [5.74, 6) is 0.324. The van der Waals surface area contributed by atoms with Gasteiger partial charge in [-0.3, -0.25) is 0 Å². The van der Waals surface area contributed by atoms with E-state index in [2.05, 4.69) is 25.7 Å². The fourth-order valence-electron chi connectivity index (χ4n) is 1.84. The number of nitrogens with one attached hydrogen (secondary N) is 1. The maximum absolute atomic E-state index is 6.05. The molecule has 1 N–H and O–H groups in total. The summed E-state index contributed by atoms with van der Waals surface area (Å²) in [5.41, 5.74) is 5.26. The zero-order chi connectivity index (χ0) is 15.2. The molecule has 108 valence electrons. The minimum atomic E-state index is 0.324. The van der Waals surface area contributed by atoms with Crippen molar-refractivity contribution in [3.63, 3.8) is 0 Å². The zero-order valence-corrected chi connectivity index (χ0v) is 12.3. The standard InChI is InChI=1S/C16H12ClN5/c17-14-9-5-4-8-13(14)10-18-21-16-20-15(11-19-22-16)12-6-2-1-3-7-12/h1-11H,(H,20,21,22)/b18-10+. The molecule has 0 atom stereocenters. The van der Waals surface area contributed by atoms with E-state index < -0.39 is 0 Å². The highest BCUT2D eigenvalue weighted by Crippen LogP contribution is 2.16. The minimum absolute atomic E-state index is 0.324. The van der Waals surface area contributed by atoms with E-state index in [1.165, 1.54) is 0 Å². The lowest BCUT2D eigenvalue weighted by Gasteiger charge is -2.02. The molecule has 2 aromatic carbocycles. The number of halogens is 1. The van der Waals surface area contributed by atoms with Crippen molar-refractivity contribution in [1.29, 1.82) is 0 Å². The molecule has 0 fully saturated rings. The van der Waals surface area contributed by atoms with Gasteiger partial charge in [0.25, 0.3) is 5.95 Å². The molecular formula is C16H12ClN5. The lowest BCUT2D eigenvalue weighted by Crippen LogP contribution is -2.00. The second-order valence-corrected chi connectivity index (χ2v) is 4.83. The lowest BCUT2D eigenvalue weighted by atomic mass is 10.2. The molecule has 0 saturated heterocycles. The molecular weight excluding hydrogens is 298 g/mol. The monoisotopic (exact) mass is 309 g/mol. The Kier molecular flexibility index (Phi) is 4.36. The molecule has 6 heteroatoms. The van der Waals surface area contributed by atoms with Crippen LogP contribution in [-0.4, -0.2) is 21.4 Å². The normalized spacial score (nSPS) is 10.8. The van der Waals surface area contributed by atoms with Gasteiger partial charge in [0.2, 0.25) is 0 Å². The second kappa shape index (κ2) is 6.78. The molecule has 1 aromatic heterocycles. The van der Waals surface area contributed by atoms with Crippen molar-refractivity contribution < 1.29 is 0 Å². The van der Waals surface area contributed by atoms with Crippen LogP contribution in [0.2, 0.25) is 5.02 Å². The highest BCUT2D eigenvalue weighted by atomic mass is 35.5. The Balaban J connectivity index is 1.75. The van der Waals surface area contributed by atoms with Crippen molar-refractivity contribution in [3.8, 4) is 11.3 Å². The number of anilines is 1. The van der Waals surface area contributed by atoms with Crippen LogP contribution in [0.15, 0.2) is 65.9 Å². The summed E-state index contributed by atoms with van der Waals surface area (Å²) in [5, 5.41) is 12.5. The number of hydrogen-bond acceptors (Lipinski definition) is 5. The fourth-order valence-corrected chi connectivity index (χ4v) is 2.02. The average molecular weight is 310 g/mol. The van der Waals surface area contributed by atoms with Crippen molar-refractivity contribution in [2.75, 3.05) is 5.43 Å². The molecule has 0 aliphatic rings. The predicted octanol–water partition coefficient (Wildman–Crippen LogP) is 3.64. The van der Waals surface area contributed by atoms with Crippen LogP contribution in [0.4, 0.5) is 5.95 Å². The Morgan fingerprint density at radius 1 is 1.00 bits per heavy atom. The van der Waals surface area contributed by atoms with Gasteiger partial charge in [-0.05, 0) is 6.07 Å². The molecule has 0 amide bonds.